The largest absolute Gasteiger partial charge is 0.388 e. The Hall–Kier alpha value is -1.72. The van der Waals surface area contributed by atoms with Gasteiger partial charge in [-0.05, 0) is 43.8 Å². The fourth-order valence-electron chi connectivity index (χ4n) is 3.33. The molecule has 1 unspecified atom stereocenters. The van der Waals surface area contributed by atoms with Gasteiger partial charge in [-0.2, -0.15) is 4.98 Å². The van der Waals surface area contributed by atoms with E-state index < -0.39 is 0 Å². The molecule has 130 valence electrons. The summed E-state index contributed by atoms with van der Waals surface area (Å²) in [5.74, 6) is 1.86. The Labute approximate surface area is 143 Å². The Morgan fingerprint density at radius 3 is 2.71 bits per heavy atom. The Bertz CT molecular complexity index is 606. The number of hydrogen-bond donors (Lipinski definition) is 1. The molecule has 5 nitrogen and oxygen atoms in total. The summed E-state index contributed by atoms with van der Waals surface area (Å²) in [7, 11) is 0. The zero-order valence-electron chi connectivity index (χ0n) is 14.4. The minimum atomic E-state index is -0.364. The molecule has 1 aromatic heterocycles. The maximum atomic E-state index is 10.5. The van der Waals surface area contributed by atoms with Gasteiger partial charge in [0.2, 0.25) is 5.89 Å². The van der Waals surface area contributed by atoms with Crippen LogP contribution >= 0.6 is 0 Å². The number of aliphatic hydroxyl groups excluding tert-OH is 1. The number of likely N-dealkylation sites (tertiary alicyclic amines) is 1. The predicted octanol–water partition coefficient (Wildman–Crippen LogP) is 3.36. The fourth-order valence-corrected chi connectivity index (χ4v) is 3.33. The molecule has 1 saturated heterocycles. The van der Waals surface area contributed by atoms with Crippen molar-refractivity contribution < 1.29 is 9.63 Å². The second kappa shape index (κ2) is 8.40. The lowest BCUT2D eigenvalue weighted by atomic mass is 9.87. The number of hydrogen-bond acceptors (Lipinski definition) is 5. The van der Waals surface area contributed by atoms with Crippen LogP contribution in [0.15, 0.2) is 34.9 Å². The SMILES string of the molecule is CCCCc1noc(CN2CCC(C(O)c3ccccc3)CC2)n1. The summed E-state index contributed by atoms with van der Waals surface area (Å²) in [5, 5.41) is 14.6. The van der Waals surface area contributed by atoms with Crippen LogP contribution < -0.4 is 0 Å². The second-order valence-electron chi connectivity index (χ2n) is 6.68. The first-order chi connectivity index (χ1) is 11.8. The monoisotopic (exact) mass is 329 g/mol. The molecule has 5 heteroatoms. The molecule has 0 amide bonds. The summed E-state index contributed by atoms with van der Waals surface area (Å²) in [4.78, 5) is 6.81. The highest BCUT2D eigenvalue weighted by atomic mass is 16.5. The number of unbranched alkanes of at least 4 members (excludes halogenated alkanes) is 1. The van der Waals surface area contributed by atoms with Crippen molar-refractivity contribution in [2.75, 3.05) is 13.1 Å². The average Bonchev–Trinajstić information content (AvgIpc) is 3.08. The Morgan fingerprint density at radius 2 is 2.00 bits per heavy atom. The molecule has 24 heavy (non-hydrogen) atoms. The number of piperidine rings is 1. The highest BCUT2D eigenvalue weighted by Gasteiger charge is 2.26. The first-order valence-corrected chi connectivity index (χ1v) is 9.03. The van der Waals surface area contributed by atoms with E-state index in [2.05, 4.69) is 22.0 Å². The molecule has 1 aliphatic rings. The third-order valence-electron chi connectivity index (χ3n) is 4.84. The van der Waals surface area contributed by atoms with E-state index in [0.29, 0.717) is 18.4 Å². The van der Waals surface area contributed by atoms with Crippen molar-refractivity contribution in [2.24, 2.45) is 5.92 Å². The normalized spacial score (nSPS) is 17.9. The zero-order chi connectivity index (χ0) is 16.8. The molecule has 0 aliphatic carbocycles. The lowest BCUT2D eigenvalue weighted by Crippen LogP contribution is -2.35. The number of aliphatic hydroxyl groups is 1. The highest BCUT2D eigenvalue weighted by Crippen LogP contribution is 2.30. The predicted molar refractivity (Wildman–Crippen MR) is 92.3 cm³/mol. The molecule has 0 saturated carbocycles. The minimum absolute atomic E-state index is 0.325. The maximum Gasteiger partial charge on any atom is 0.240 e. The van der Waals surface area contributed by atoms with E-state index in [4.69, 9.17) is 4.52 Å². The van der Waals surface area contributed by atoms with Gasteiger partial charge in [0.25, 0.3) is 0 Å². The van der Waals surface area contributed by atoms with E-state index in [1.165, 1.54) is 0 Å². The van der Waals surface area contributed by atoms with Crippen LogP contribution in [0.5, 0.6) is 0 Å². The van der Waals surface area contributed by atoms with Crippen molar-refractivity contribution in [3.05, 3.63) is 47.6 Å². The fraction of sp³-hybridized carbons (Fsp3) is 0.579. The van der Waals surface area contributed by atoms with Crippen LogP contribution in [-0.2, 0) is 13.0 Å². The van der Waals surface area contributed by atoms with Crippen LogP contribution in [0.4, 0.5) is 0 Å². The van der Waals surface area contributed by atoms with E-state index in [1.54, 1.807) is 0 Å². The van der Waals surface area contributed by atoms with Gasteiger partial charge in [0.15, 0.2) is 5.82 Å². The molecule has 1 N–H and O–H groups in total. The summed E-state index contributed by atoms with van der Waals surface area (Å²) in [6.45, 7) is 4.80. The van der Waals surface area contributed by atoms with Gasteiger partial charge in [-0.3, -0.25) is 4.90 Å². The number of aromatic nitrogens is 2. The van der Waals surface area contributed by atoms with E-state index in [9.17, 15) is 5.11 Å². The molecule has 0 radical (unpaired) electrons. The first kappa shape index (κ1) is 17.1. The maximum absolute atomic E-state index is 10.5. The molecular formula is C19H27N3O2. The molecule has 1 aliphatic heterocycles. The summed E-state index contributed by atoms with van der Waals surface area (Å²) in [6, 6.07) is 9.97. The Balaban J connectivity index is 1.47. The average molecular weight is 329 g/mol. The van der Waals surface area contributed by atoms with Gasteiger partial charge in [-0.25, -0.2) is 0 Å². The van der Waals surface area contributed by atoms with E-state index in [-0.39, 0.29) is 6.10 Å². The van der Waals surface area contributed by atoms with Gasteiger partial charge >= 0.3 is 0 Å². The third-order valence-corrected chi connectivity index (χ3v) is 4.84. The number of benzene rings is 1. The minimum Gasteiger partial charge on any atom is -0.388 e. The van der Waals surface area contributed by atoms with E-state index >= 15 is 0 Å². The summed E-state index contributed by atoms with van der Waals surface area (Å²) in [5.41, 5.74) is 1.02. The molecule has 2 heterocycles. The second-order valence-corrected chi connectivity index (χ2v) is 6.68. The zero-order valence-corrected chi connectivity index (χ0v) is 14.4. The summed E-state index contributed by atoms with van der Waals surface area (Å²) >= 11 is 0. The molecule has 0 bridgehead atoms. The van der Waals surface area contributed by atoms with Crippen molar-refractivity contribution in [3.8, 4) is 0 Å². The van der Waals surface area contributed by atoms with Gasteiger partial charge in [0, 0.05) is 6.42 Å². The van der Waals surface area contributed by atoms with E-state index in [1.807, 2.05) is 30.3 Å². The Morgan fingerprint density at radius 1 is 1.25 bits per heavy atom. The van der Waals surface area contributed by atoms with Gasteiger partial charge in [0.1, 0.15) is 0 Å². The highest BCUT2D eigenvalue weighted by molar-refractivity contribution is 5.18. The van der Waals surface area contributed by atoms with Crippen LogP contribution in [0.2, 0.25) is 0 Å². The third kappa shape index (κ3) is 4.42. The van der Waals surface area contributed by atoms with Crippen LogP contribution in [0.25, 0.3) is 0 Å². The molecule has 1 aromatic carbocycles. The van der Waals surface area contributed by atoms with E-state index in [0.717, 1.165) is 56.6 Å². The standard InChI is InChI=1S/C19H27N3O2/c1-2-3-9-17-20-18(24-21-17)14-22-12-10-16(11-13-22)19(23)15-7-5-4-6-8-15/h4-8,16,19,23H,2-3,9-14H2,1H3. The Kier molecular flexibility index (Phi) is 5.99. The van der Waals surface area contributed by atoms with Crippen LogP contribution in [0.3, 0.4) is 0 Å². The van der Waals surface area contributed by atoms with Crippen molar-refractivity contribution in [2.45, 2.75) is 51.7 Å². The van der Waals surface area contributed by atoms with Gasteiger partial charge in [0.05, 0.1) is 12.6 Å². The molecule has 1 atom stereocenters. The molecule has 0 spiro atoms. The number of nitrogens with zero attached hydrogens (tertiary/aromatic N) is 3. The van der Waals surface area contributed by atoms with Gasteiger partial charge in [-0.1, -0.05) is 48.8 Å². The summed E-state index contributed by atoms with van der Waals surface area (Å²) in [6.07, 6.45) is 4.76. The van der Waals surface area contributed by atoms with Crippen LogP contribution in [0, 0.1) is 5.92 Å². The van der Waals surface area contributed by atoms with Gasteiger partial charge < -0.3 is 9.63 Å². The van der Waals surface area contributed by atoms with Crippen LogP contribution in [-0.4, -0.2) is 33.2 Å². The van der Waals surface area contributed by atoms with Gasteiger partial charge in [-0.15, -0.1) is 0 Å². The van der Waals surface area contributed by atoms with Crippen molar-refractivity contribution in [3.63, 3.8) is 0 Å². The molecule has 1 fully saturated rings. The van der Waals surface area contributed by atoms with Crippen LogP contribution in [0.1, 0.15) is 56.0 Å². The van der Waals surface area contributed by atoms with Crippen molar-refractivity contribution in [1.29, 1.82) is 0 Å². The molecular weight excluding hydrogens is 302 g/mol. The number of aryl methyl sites for hydroxylation is 1. The lowest BCUT2D eigenvalue weighted by Gasteiger charge is -2.33. The number of rotatable bonds is 7. The summed E-state index contributed by atoms with van der Waals surface area (Å²) < 4.78 is 5.36. The lowest BCUT2D eigenvalue weighted by molar-refractivity contribution is 0.0538. The van der Waals surface area contributed by atoms with Crippen molar-refractivity contribution >= 4 is 0 Å². The molecule has 2 aromatic rings. The molecule has 3 rings (SSSR count). The smallest absolute Gasteiger partial charge is 0.240 e. The first-order valence-electron chi connectivity index (χ1n) is 9.03. The quantitative estimate of drug-likeness (QED) is 0.844. The van der Waals surface area contributed by atoms with Crippen molar-refractivity contribution in [1.82, 2.24) is 15.0 Å². The topological polar surface area (TPSA) is 62.4 Å².